The molecule has 2 aromatic rings. The SMILES string of the molecule is COc1ccc(CNC(=O)c2ccnc(NC3CCCC3)c2)cc1OC. The van der Waals surface area contributed by atoms with E-state index in [2.05, 4.69) is 15.6 Å². The summed E-state index contributed by atoms with van der Waals surface area (Å²) in [5, 5.41) is 6.35. The molecule has 0 aliphatic heterocycles. The lowest BCUT2D eigenvalue weighted by molar-refractivity contribution is 0.0951. The van der Waals surface area contributed by atoms with E-state index in [0.717, 1.165) is 24.2 Å². The van der Waals surface area contributed by atoms with Gasteiger partial charge in [-0.3, -0.25) is 4.79 Å². The molecule has 0 spiro atoms. The highest BCUT2D eigenvalue weighted by Gasteiger charge is 2.15. The Morgan fingerprint density at radius 3 is 2.62 bits per heavy atom. The predicted molar refractivity (Wildman–Crippen MR) is 101 cm³/mol. The molecule has 0 unspecified atom stereocenters. The first-order valence-corrected chi connectivity index (χ1v) is 8.91. The van der Waals surface area contributed by atoms with Gasteiger partial charge < -0.3 is 20.1 Å². The van der Waals surface area contributed by atoms with Crippen LogP contribution < -0.4 is 20.1 Å². The second kappa shape index (κ2) is 8.56. The Morgan fingerprint density at radius 2 is 1.88 bits per heavy atom. The Hall–Kier alpha value is -2.76. The molecule has 1 aliphatic carbocycles. The third-order valence-corrected chi connectivity index (χ3v) is 4.63. The highest BCUT2D eigenvalue weighted by molar-refractivity contribution is 5.94. The summed E-state index contributed by atoms with van der Waals surface area (Å²) in [4.78, 5) is 16.8. The van der Waals surface area contributed by atoms with Gasteiger partial charge in [0.1, 0.15) is 5.82 Å². The van der Waals surface area contributed by atoms with Crippen LogP contribution in [-0.4, -0.2) is 31.2 Å². The van der Waals surface area contributed by atoms with Crippen LogP contribution in [0.4, 0.5) is 5.82 Å². The number of nitrogens with one attached hydrogen (secondary N) is 2. The number of rotatable bonds is 7. The van der Waals surface area contributed by atoms with Crippen molar-refractivity contribution in [3.05, 3.63) is 47.7 Å². The maximum atomic E-state index is 12.5. The molecule has 138 valence electrons. The monoisotopic (exact) mass is 355 g/mol. The Kier molecular flexibility index (Phi) is 5.94. The first-order valence-electron chi connectivity index (χ1n) is 8.91. The summed E-state index contributed by atoms with van der Waals surface area (Å²) in [6, 6.07) is 9.59. The highest BCUT2D eigenvalue weighted by Crippen LogP contribution is 2.27. The van der Waals surface area contributed by atoms with E-state index in [0.29, 0.717) is 29.6 Å². The number of aromatic nitrogens is 1. The second-order valence-electron chi connectivity index (χ2n) is 6.43. The van der Waals surface area contributed by atoms with Crippen LogP contribution in [0.1, 0.15) is 41.6 Å². The van der Waals surface area contributed by atoms with Crippen LogP contribution in [0.25, 0.3) is 0 Å². The number of methoxy groups -OCH3 is 2. The van der Waals surface area contributed by atoms with Gasteiger partial charge in [0.25, 0.3) is 5.91 Å². The molecule has 0 bridgehead atoms. The fourth-order valence-electron chi connectivity index (χ4n) is 3.20. The van der Waals surface area contributed by atoms with Crippen LogP contribution in [0.5, 0.6) is 11.5 Å². The smallest absolute Gasteiger partial charge is 0.251 e. The lowest BCUT2D eigenvalue weighted by Crippen LogP contribution is -2.23. The number of carbonyl (C=O) groups is 1. The Bertz CT molecular complexity index is 758. The fourth-order valence-corrected chi connectivity index (χ4v) is 3.20. The summed E-state index contributed by atoms with van der Waals surface area (Å²) in [6.45, 7) is 0.410. The summed E-state index contributed by atoms with van der Waals surface area (Å²) in [6.07, 6.45) is 6.50. The first kappa shape index (κ1) is 18.0. The third kappa shape index (κ3) is 4.45. The van der Waals surface area contributed by atoms with Gasteiger partial charge in [-0.1, -0.05) is 18.9 Å². The Morgan fingerprint density at radius 1 is 1.12 bits per heavy atom. The van der Waals surface area contributed by atoms with E-state index in [1.165, 1.54) is 12.8 Å². The van der Waals surface area contributed by atoms with Crippen molar-refractivity contribution in [2.24, 2.45) is 0 Å². The summed E-state index contributed by atoms with van der Waals surface area (Å²) in [5.41, 5.74) is 1.54. The van der Waals surface area contributed by atoms with Gasteiger partial charge in [-0.2, -0.15) is 0 Å². The van der Waals surface area contributed by atoms with Crippen LogP contribution in [0.2, 0.25) is 0 Å². The molecule has 1 aliphatic rings. The normalized spacial score (nSPS) is 14.1. The van der Waals surface area contributed by atoms with Gasteiger partial charge in [0, 0.05) is 24.3 Å². The number of ether oxygens (including phenoxy) is 2. The second-order valence-corrected chi connectivity index (χ2v) is 6.43. The van der Waals surface area contributed by atoms with Gasteiger partial charge in [-0.05, 0) is 42.7 Å². The van der Waals surface area contributed by atoms with Crippen LogP contribution in [0.15, 0.2) is 36.5 Å². The number of anilines is 1. The predicted octanol–water partition coefficient (Wildman–Crippen LogP) is 3.38. The average Bonchev–Trinajstić information content (AvgIpc) is 3.19. The number of benzene rings is 1. The molecule has 6 heteroatoms. The summed E-state index contributed by atoms with van der Waals surface area (Å²) < 4.78 is 10.5. The first-order chi connectivity index (χ1) is 12.7. The van der Waals surface area contributed by atoms with Crippen molar-refractivity contribution < 1.29 is 14.3 Å². The molecule has 1 saturated carbocycles. The van der Waals surface area contributed by atoms with E-state index >= 15 is 0 Å². The van der Waals surface area contributed by atoms with Crippen molar-refractivity contribution in [3.63, 3.8) is 0 Å². The van der Waals surface area contributed by atoms with Crippen LogP contribution in [0, 0.1) is 0 Å². The maximum absolute atomic E-state index is 12.5. The number of nitrogens with zero attached hydrogens (tertiary/aromatic N) is 1. The molecule has 1 amide bonds. The molecule has 6 nitrogen and oxygen atoms in total. The van der Waals surface area contributed by atoms with E-state index in [1.54, 1.807) is 26.5 Å². The van der Waals surface area contributed by atoms with E-state index in [9.17, 15) is 4.79 Å². The summed E-state index contributed by atoms with van der Waals surface area (Å²) >= 11 is 0. The molecule has 1 aromatic carbocycles. The van der Waals surface area contributed by atoms with E-state index in [1.807, 2.05) is 24.3 Å². The van der Waals surface area contributed by atoms with Gasteiger partial charge in [0.05, 0.1) is 14.2 Å². The number of pyridine rings is 1. The maximum Gasteiger partial charge on any atom is 0.251 e. The lowest BCUT2D eigenvalue weighted by atomic mass is 10.2. The topological polar surface area (TPSA) is 72.5 Å². The van der Waals surface area contributed by atoms with Crippen molar-refractivity contribution in [1.29, 1.82) is 0 Å². The van der Waals surface area contributed by atoms with Crippen molar-refractivity contribution >= 4 is 11.7 Å². The minimum absolute atomic E-state index is 0.128. The zero-order valence-corrected chi connectivity index (χ0v) is 15.2. The van der Waals surface area contributed by atoms with Gasteiger partial charge in [-0.25, -0.2) is 4.98 Å². The van der Waals surface area contributed by atoms with Gasteiger partial charge in [0.15, 0.2) is 11.5 Å². The molecule has 0 radical (unpaired) electrons. The lowest BCUT2D eigenvalue weighted by Gasteiger charge is -2.13. The minimum atomic E-state index is -0.128. The minimum Gasteiger partial charge on any atom is -0.493 e. The van der Waals surface area contributed by atoms with Crippen molar-refractivity contribution in [1.82, 2.24) is 10.3 Å². The van der Waals surface area contributed by atoms with Gasteiger partial charge in [-0.15, -0.1) is 0 Å². The fraction of sp³-hybridized carbons (Fsp3) is 0.400. The molecular formula is C20H25N3O3. The third-order valence-electron chi connectivity index (χ3n) is 4.63. The Balaban J connectivity index is 1.61. The number of carbonyl (C=O) groups excluding carboxylic acids is 1. The standard InChI is InChI=1S/C20H25N3O3/c1-25-17-8-7-14(11-18(17)26-2)13-22-20(24)15-9-10-21-19(12-15)23-16-5-3-4-6-16/h7-12,16H,3-6,13H2,1-2H3,(H,21,23)(H,22,24). The van der Waals surface area contributed by atoms with Crippen molar-refractivity contribution in [2.45, 2.75) is 38.3 Å². The molecule has 0 saturated heterocycles. The van der Waals surface area contributed by atoms with Gasteiger partial charge in [0.2, 0.25) is 0 Å². The van der Waals surface area contributed by atoms with Gasteiger partial charge >= 0.3 is 0 Å². The molecule has 1 aromatic heterocycles. The number of hydrogen-bond acceptors (Lipinski definition) is 5. The van der Waals surface area contributed by atoms with Crippen LogP contribution >= 0.6 is 0 Å². The van der Waals surface area contributed by atoms with E-state index in [-0.39, 0.29) is 5.91 Å². The summed E-state index contributed by atoms with van der Waals surface area (Å²) in [5.74, 6) is 1.94. The van der Waals surface area contributed by atoms with Crippen molar-refractivity contribution in [2.75, 3.05) is 19.5 Å². The zero-order valence-electron chi connectivity index (χ0n) is 15.2. The van der Waals surface area contributed by atoms with E-state index < -0.39 is 0 Å². The zero-order chi connectivity index (χ0) is 18.4. The highest BCUT2D eigenvalue weighted by atomic mass is 16.5. The average molecular weight is 355 g/mol. The summed E-state index contributed by atoms with van der Waals surface area (Å²) in [7, 11) is 3.19. The largest absolute Gasteiger partial charge is 0.493 e. The molecule has 26 heavy (non-hydrogen) atoms. The molecule has 1 fully saturated rings. The molecule has 2 N–H and O–H groups in total. The van der Waals surface area contributed by atoms with Crippen LogP contribution in [-0.2, 0) is 6.54 Å². The molecule has 3 rings (SSSR count). The van der Waals surface area contributed by atoms with Crippen molar-refractivity contribution in [3.8, 4) is 11.5 Å². The Labute approximate surface area is 153 Å². The molecule has 0 atom stereocenters. The number of amides is 1. The molecule has 1 heterocycles. The molecular weight excluding hydrogens is 330 g/mol. The number of hydrogen-bond donors (Lipinski definition) is 2. The quantitative estimate of drug-likeness (QED) is 0.796. The van der Waals surface area contributed by atoms with Crippen LogP contribution in [0.3, 0.4) is 0 Å². The van der Waals surface area contributed by atoms with E-state index in [4.69, 9.17) is 9.47 Å².